The predicted octanol–water partition coefficient (Wildman–Crippen LogP) is 2.66. The Bertz CT molecular complexity index is 826. The molecule has 128 valence electrons. The molecule has 25 heavy (non-hydrogen) atoms. The van der Waals surface area contributed by atoms with Crippen LogP contribution in [-0.4, -0.2) is 18.2 Å². The van der Waals surface area contributed by atoms with Gasteiger partial charge in [-0.15, -0.1) is 0 Å². The van der Waals surface area contributed by atoms with Crippen LogP contribution in [0.4, 0.5) is 10.1 Å². The number of benzene rings is 2. The molecular formula is C19H18FN3O2. The maximum absolute atomic E-state index is 13.0. The molecule has 1 unspecified atom stereocenters. The van der Waals surface area contributed by atoms with Crippen LogP contribution < -0.4 is 11.1 Å². The number of nitrogens with one attached hydrogen (secondary N) is 1. The number of amides is 1. The zero-order valence-electron chi connectivity index (χ0n) is 13.8. The monoisotopic (exact) mass is 339 g/mol. The van der Waals surface area contributed by atoms with Crippen molar-refractivity contribution in [2.75, 3.05) is 11.9 Å². The Morgan fingerprint density at radius 3 is 2.48 bits per heavy atom. The van der Waals surface area contributed by atoms with E-state index in [-0.39, 0.29) is 18.1 Å². The van der Waals surface area contributed by atoms with Crippen LogP contribution in [0.2, 0.25) is 0 Å². The average molecular weight is 339 g/mol. The molecule has 0 aliphatic carbocycles. The summed E-state index contributed by atoms with van der Waals surface area (Å²) in [5, 5.41) is 12.2. The van der Waals surface area contributed by atoms with E-state index in [0.29, 0.717) is 23.2 Å². The second-order valence-electron chi connectivity index (χ2n) is 5.74. The van der Waals surface area contributed by atoms with Crippen molar-refractivity contribution in [1.29, 1.82) is 5.26 Å². The lowest BCUT2D eigenvalue weighted by molar-refractivity contribution is -0.121. The van der Waals surface area contributed by atoms with Gasteiger partial charge in [-0.2, -0.15) is 5.26 Å². The van der Waals surface area contributed by atoms with Crippen LogP contribution in [0.1, 0.15) is 28.4 Å². The third-order valence-corrected chi connectivity index (χ3v) is 3.88. The first kappa shape index (κ1) is 18.1. The smallest absolute Gasteiger partial charge is 0.222 e. The first-order valence-corrected chi connectivity index (χ1v) is 7.73. The quantitative estimate of drug-likeness (QED) is 0.758. The van der Waals surface area contributed by atoms with Gasteiger partial charge in [0.15, 0.2) is 5.78 Å². The number of nitriles is 1. The van der Waals surface area contributed by atoms with E-state index in [1.54, 1.807) is 30.3 Å². The highest BCUT2D eigenvalue weighted by Crippen LogP contribution is 2.19. The first-order valence-electron chi connectivity index (χ1n) is 7.73. The largest absolute Gasteiger partial charge is 0.383 e. The predicted molar refractivity (Wildman–Crippen MR) is 92.4 cm³/mol. The van der Waals surface area contributed by atoms with Crippen molar-refractivity contribution < 1.29 is 14.0 Å². The maximum Gasteiger partial charge on any atom is 0.222 e. The highest BCUT2D eigenvalue weighted by atomic mass is 19.1. The van der Waals surface area contributed by atoms with E-state index in [4.69, 9.17) is 5.73 Å². The van der Waals surface area contributed by atoms with Gasteiger partial charge >= 0.3 is 0 Å². The standard InChI is InChI=1S/C19H18FN3O2/c1-12(24)14-4-5-15(10-21)18(9-14)23-11-16(19(22)25)8-13-2-6-17(20)7-3-13/h2-7,9,16,23H,8,11H2,1H3,(H2,22,25). The summed E-state index contributed by atoms with van der Waals surface area (Å²) in [6.45, 7) is 1.63. The Balaban J connectivity index is 2.14. The molecule has 0 saturated carbocycles. The zero-order valence-corrected chi connectivity index (χ0v) is 13.8. The Kier molecular flexibility index (Phi) is 5.85. The third kappa shape index (κ3) is 4.88. The minimum atomic E-state index is -0.544. The number of primary amides is 1. The number of ketones is 1. The minimum absolute atomic E-state index is 0.120. The fraction of sp³-hybridized carbons (Fsp3) is 0.211. The maximum atomic E-state index is 13.0. The van der Waals surface area contributed by atoms with Gasteiger partial charge in [-0.3, -0.25) is 9.59 Å². The summed E-state index contributed by atoms with van der Waals surface area (Å²) >= 11 is 0. The highest BCUT2D eigenvalue weighted by Gasteiger charge is 2.17. The van der Waals surface area contributed by atoms with E-state index >= 15 is 0 Å². The summed E-state index contributed by atoms with van der Waals surface area (Å²) in [4.78, 5) is 23.2. The van der Waals surface area contributed by atoms with E-state index in [9.17, 15) is 19.2 Å². The third-order valence-electron chi connectivity index (χ3n) is 3.88. The number of halogens is 1. The number of hydrogen-bond acceptors (Lipinski definition) is 4. The SMILES string of the molecule is CC(=O)c1ccc(C#N)c(NCC(Cc2ccc(F)cc2)C(N)=O)c1. The average Bonchev–Trinajstić information content (AvgIpc) is 2.59. The van der Waals surface area contributed by atoms with Crippen molar-refractivity contribution >= 4 is 17.4 Å². The molecule has 0 spiro atoms. The molecule has 2 rings (SSSR count). The first-order chi connectivity index (χ1) is 11.9. The molecule has 0 aliphatic rings. The van der Waals surface area contributed by atoms with Crippen LogP contribution in [0.5, 0.6) is 0 Å². The van der Waals surface area contributed by atoms with Crippen LogP contribution in [-0.2, 0) is 11.2 Å². The lowest BCUT2D eigenvalue weighted by atomic mass is 9.98. The van der Waals surface area contributed by atoms with Crippen molar-refractivity contribution in [3.05, 3.63) is 65.0 Å². The summed E-state index contributed by atoms with van der Waals surface area (Å²) in [5.74, 6) is -1.52. The number of nitrogens with two attached hydrogens (primary N) is 1. The van der Waals surface area contributed by atoms with Gasteiger partial charge in [-0.25, -0.2) is 4.39 Å². The number of hydrogen-bond donors (Lipinski definition) is 2. The van der Waals surface area contributed by atoms with Gasteiger partial charge in [0.1, 0.15) is 11.9 Å². The summed E-state index contributed by atoms with van der Waals surface area (Å²) in [6, 6.07) is 12.6. The van der Waals surface area contributed by atoms with Gasteiger partial charge in [0, 0.05) is 12.1 Å². The minimum Gasteiger partial charge on any atom is -0.383 e. The van der Waals surface area contributed by atoms with E-state index < -0.39 is 11.8 Å². The van der Waals surface area contributed by atoms with Crippen LogP contribution in [0.15, 0.2) is 42.5 Å². The molecular weight excluding hydrogens is 321 g/mol. The summed E-state index contributed by atoms with van der Waals surface area (Å²) in [7, 11) is 0. The molecule has 0 heterocycles. The molecule has 5 nitrogen and oxygen atoms in total. The van der Waals surface area contributed by atoms with Gasteiger partial charge in [0.05, 0.1) is 17.2 Å². The van der Waals surface area contributed by atoms with Gasteiger partial charge in [0.25, 0.3) is 0 Å². The van der Waals surface area contributed by atoms with Crippen LogP contribution in [0.25, 0.3) is 0 Å². The number of rotatable bonds is 7. The molecule has 6 heteroatoms. The number of carbonyl (C=O) groups is 2. The lowest BCUT2D eigenvalue weighted by Gasteiger charge is -2.16. The van der Waals surface area contributed by atoms with Crippen molar-refractivity contribution in [1.82, 2.24) is 0 Å². The fourth-order valence-corrected chi connectivity index (χ4v) is 2.42. The number of carbonyl (C=O) groups excluding carboxylic acids is 2. The van der Waals surface area contributed by atoms with E-state index in [2.05, 4.69) is 5.32 Å². The molecule has 2 aromatic carbocycles. The van der Waals surface area contributed by atoms with Gasteiger partial charge in [-0.1, -0.05) is 12.1 Å². The Labute approximate surface area is 145 Å². The number of Topliss-reactive ketones (excluding diaryl/α,β-unsaturated/α-hetero) is 1. The molecule has 0 fully saturated rings. The Hall–Kier alpha value is -3.20. The zero-order chi connectivity index (χ0) is 18.4. The summed E-state index contributed by atoms with van der Waals surface area (Å²) in [5.41, 5.74) is 7.55. The van der Waals surface area contributed by atoms with Crippen molar-refractivity contribution in [3.8, 4) is 6.07 Å². The van der Waals surface area contributed by atoms with Crippen molar-refractivity contribution in [2.45, 2.75) is 13.3 Å². The molecule has 1 atom stereocenters. The second-order valence-corrected chi connectivity index (χ2v) is 5.74. The normalized spacial score (nSPS) is 11.4. The van der Waals surface area contributed by atoms with E-state index in [1.165, 1.54) is 19.1 Å². The van der Waals surface area contributed by atoms with E-state index in [1.807, 2.05) is 6.07 Å². The fourth-order valence-electron chi connectivity index (χ4n) is 2.42. The van der Waals surface area contributed by atoms with Crippen LogP contribution >= 0.6 is 0 Å². The Morgan fingerprint density at radius 1 is 1.24 bits per heavy atom. The summed E-state index contributed by atoms with van der Waals surface area (Å²) < 4.78 is 13.0. The lowest BCUT2D eigenvalue weighted by Crippen LogP contribution is -2.31. The van der Waals surface area contributed by atoms with Crippen molar-refractivity contribution in [2.24, 2.45) is 11.7 Å². The Morgan fingerprint density at radius 2 is 1.92 bits per heavy atom. The van der Waals surface area contributed by atoms with E-state index in [0.717, 1.165) is 5.56 Å². The summed E-state index contributed by atoms with van der Waals surface area (Å²) in [6.07, 6.45) is 0.344. The molecule has 0 aromatic heterocycles. The highest BCUT2D eigenvalue weighted by molar-refractivity contribution is 5.95. The van der Waals surface area contributed by atoms with Crippen LogP contribution in [0.3, 0.4) is 0 Å². The van der Waals surface area contributed by atoms with Gasteiger partial charge in [-0.05, 0) is 49.2 Å². The molecule has 0 bridgehead atoms. The van der Waals surface area contributed by atoms with Gasteiger partial charge < -0.3 is 11.1 Å². The number of anilines is 1. The van der Waals surface area contributed by atoms with Gasteiger partial charge in [0.2, 0.25) is 5.91 Å². The molecule has 0 aliphatic heterocycles. The molecule has 1 amide bonds. The molecule has 2 aromatic rings. The second kappa shape index (κ2) is 8.06. The molecule has 3 N–H and O–H groups in total. The number of nitrogens with zero attached hydrogens (tertiary/aromatic N) is 1. The topological polar surface area (TPSA) is 96.0 Å². The van der Waals surface area contributed by atoms with Crippen molar-refractivity contribution in [3.63, 3.8) is 0 Å². The molecule has 0 saturated heterocycles. The molecule has 0 radical (unpaired) electrons. The van der Waals surface area contributed by atoms with Crippen LogP contribution in [0, 0.1) is 23.1 Å².